The van der Waals surface area contributed by atoms with Crippen molar-refractivity contribution in [3.63, 3.8) is 0 Å². The molecule has 1 aromatic heterocycles. The molecule has 0 unspecified atom stereocenters. The van der Waals surface area contributed by atoms with Crippen LogP contribution in [0.25, 0.3) is 5.69 Å². The first-order valence-electron chi connectivity index (χ1n) is 5.10. The van der Waals surface area contributed by atoms with Crippen molar-refractivity contribution in [2.45, 2.75) is 13.8 Å². The van der Waals surface area contributed by atoms with Gasteiger partial charge in [0, 0.05) is 5.02 Å². The third kappa shape index (κ3) is 2.13. The molecule has 0 atom stereocenters. The van der Waals surface area contributed by atoms with E-state index in [0.717, 1.165) is 17.1 Å². The molecule has 2 rings (SSSR count). The van der Waals surface area contributed by atoms with Gasteiger partial charge in [0.05, 0.1) is 23.5 Å². The summed E-state index contributed by atoms with van der Waals surface area (Å²) in [5.74, 6) is 0.705. The number of hydrogen-bond donors (Lipinski definition) is 0. The largest absolute Gasteiger partial charge is 0.494 e. The molecule has 2 aromatic rings. The fourth-order valence-corrected chi connectivity index (χ4v) is 1.97. The second-order valence-electron chi connectivity index (χ2n) is 3.71. The summed E-state index contributed by atoms with van der Waals surface area (Å²) in [5.41, 5.74) is 2.43. The highest BCUT2D eigenvalue weighted by Crippen LogP contribution is 2.30. The van der Waals surface area contributed by atoms with Crippen LogP contribution in [-0.2, 0) is 0 Å². The van der Waals surface area contributed by atoms with Crippen molar-refractivity contribution in [1.82, 2.24) is 9.78 Å². The van der Waals surface area contributed by atoms with Gasteiger partial charge in [0.2, 0.25) is 0 Å². The van der Waals surface area contributed by atoms with Crippen LogP contribution in [0.2, 0.25) is 10.0 Å². The highest BCUT2D eigenvalue weighted by atomic mass is 35.5. The van der Waals surface area contributed by atoms with E-state index >= 15 is 0 Å². The number of aryl methyl sites for hydroxylation is 1. The van der Waals surface area contributed by atoms with Crippen molar-refractivity contribution in [1.29, 1.82) is 0 Å². The SMILES string of the molecule is COc1ccc(Cl)cc1-n1nc(C)c(Cl)c1C. The van der Waals surface area contributed by atoms with Gasteiger partial charge in [-0.05, 0) is 32.0 Å². The lowest BCUT2D eigenvalue weighted by Crippen LogP contribution is -2.02. The minimum atomic E-state index is 0.629. The molecule has 0 spiro atoms. The van der Waals surface area contributed by atoms with Crippen molar-refractivity contribution >= 4 is 23.2 Å². The van der Waals surface area contributed by atoms with Gasteiger partial charge in [-0.3, -0.25) is 0 Å². The number of nitrogens with zero attached hydrogens (tertiary/aromatic N) is 2. The van der Waals surface area contributed by atoms with Gasteiger partial charge in [0.25, 0.3) is 0 Å². The fraction of sp³-hybridized carbons (Fsp3) is 0.250. The Morgan fingerprint density at radius 2 is 1.94 bits per heavy atom. The minimum Gasteiger partial charge on any atom is -0.494 e. The zero-order valence-electron chi connectivity index (χ0n) is 9.79. The summed E-state index contributed by atoms with van der Waals surface area (Å²) in [6.07, 6.45) is 0. The van der Waals surface area contributed by atoms with Crippen molar-refractivity contribution in [3.05, 3.63) is 39.6 Å². The number of hydrogen-bond acceptors (Lipinski definition) is 2. The maximum absolute atomic E-state index is 6.13. The van der Waals surface area contributed by atoms with E-state index in [2.05, 4.69) is 5.10 Å². The van der Waals surface area contributed by atoms with Crippen LogP contribution in [0, 0.1) is 13.8 Å². The van der Waals surface area contributed by atoms with Crippen LogP contribution >= 0.6 is 23.2 Å². The highest BCUT2D eigenvalue weighted by Gasteiger charge is 2.14. The van der Waals surface area contributed by atoms with Crippen molar-refractivity contribution in [3.8, 4) is 11.4 Å². The molecule has 0 aliphatic rings. The first kappa shape index (κ1) is 12.3. The van der Waals surface area contributed by atoms with Crippen molar-refractivity contribution in [2.24, 2.45) is 0 Å². The van der Waals surface area contributed by atoms with E-state index in [-0.39, 0.29) is 0 Å². The Morgan fingerprint density at radius 1 is 1.24 bits per heavy atom. The van der Waals surface area contributed by atoms with Gasteiger partial charge in [-0.2, -0.15) is 5.10 Å². The van der Waals surface area contributed by atoms with E-state index in [4.69, 9.17) is 27.9 Å². The summed E-state index contributed by atoms with van der Waals surface area (Å²) in [4.78, 5) is 0. The van der Waals surface area contributed by atoms with Crippen LogP contribution in [0.4, 0.5) is 0 Å². The smallest absolute Gasteiger partial charge is 0.144 e. The van der Waals surface area contributed by atoms with Gasteiger partial charge >= 0.3 is 0 Å². The van der Waals surface area contributed by atoms with Crippen molar-refractivity contribution in [2.75, 3.05) is 7.11 Å². The molecule has 0 aliphatic carbocycles. The highest BCUT2D eigenvalue weighted by molar-refractivity contribution is 6.32. The lowest BCUT2D eigenvalue weighted by Gasteiger charge is -2.10. The minimum absolute atomic E-state index is 0.629. The van der Waals surface area contributed by atoms with Crippen LogP contribution < -0.4 is 4.74 Å². The number of benzene rings is 1. The van der Waals surface area contributed by atoms with E-state index in [9.17, 15) is 0 Å². The third-order valence-electron chi connectivity index (χ3n) is 2.57. The Kier molecular flexibility index (Phi) is 3.31. The van der Waals surface area contributed by atoms with E-state index in [1.807, 2.05) is 19.9 Å². The number of rotatable bonds is 2. The van der Waals surface area contributed by atoms with Gasteiger partial charge in [0.1, 0.15) is 11.4 Å². The predicted molar refractivity (Wildman–Crippen MR) is 69.6 cm³/mol. The maximum atomic E-state index is 6.13. The van der Waals surface area contributed by atoms with Gasteiger partial charge in [0.15, 0.2) is 0 Å². The molecule has 90 valence electrons. The van der Waals surface area contributed by atoms with E-state index in [0.29, 0.717) is 15.8 Å². The maximum Gasteiger partial charge on any atom is 0.144 e. The van der Waals surface area contributed by atoms with Crippen LogP contribution in [0.3, 0.4) is 0 Å². The van der Waals surface area contributed by atoms with Crippen LogP contribution in [0.15, 0.2) is 18.2 Å². The van der Waals surface area contributed by atoms with Crippen LogP contribution in [-0.4, -0.2) is 16.9 Å². The number of ether oxygens (including phenoxy) is 1. The molecule has 0 N–H and O–H groups in total. The first-order valence-corrected chi connectivity index (χ1v) is 5.86. The zero-order chi connectivity index (χ0) is 12.6. The first-order chi connectivity index (χ1) is 8.04. The standard InChI is InChI=1S/C12H12Cl2N2O/c1-7-12(14)8(2)16(15-7)10-6-9(13)4-5-11(10)17-3/h4-6H,1-3H3. The molecule has 0 bridgehead atoms. The Labute approximate surface area is 110 Å². The quantitative estimate of drug-likeness (QED) is 0.830. The van der Waals surface area contributed by atoms with Gasteiger partial charge in [-0.15, -0.1) is 0 Å². The third-order valence-corrected chi connectivity index (χ3v) is 3.35. The zero-order valence-corrected chi connectivity index (χ0v) is 11.3. The summed E-state index contributed by atoms with van der Waals surface area (Å²) in [6, 6.07) is 5.38. The molecule has 0 amide bonds. The molecule has 0 aliphatic heterocycles. The van der Waals surface area contributed by atoms with Gasteiger partial charge in [-0.1, -0.05) is 23.2 Å². The summed E-state index contributed by atoms with van der Waals surface area (Å²) >= 11 is 12.1. The monoisotopic (exact) mass is 270 g/mol. The molecule has 1 aromatic carbocycles. The van der Waals surface area contributed by atoms with Crippen LogP contribution in [0.5, 0.6) is 5.75 Å². The molecule has 0 saturated heterocycles. The topological polar surface area (TPSA) is 27.1 Å². The Morgan fingerprint density at radius 3 is 2.47 bits per heavy atom. The second kappa shape index (κ2) is 4.59. The molecule has 0 fully saturated rings. The number of aromatic nitrogens is 2. The average molecular weight is 271 g/mol. The summed E-state index contributed by atoms with van der Waals surface area (Å²) in [6.45, 7) is 3.77. The average Bonchev–Trinajstić information content (AvgIpc) is 2.57. The molecule has 17 heavy (non-hydrogen) atoms. The number of halogens is 2. The Balaban J connectivity index is 2.67. The molecule has 0 radical (unpaired) electrons. The normalized spacial score (nSPS) is 10.6. The van der Waals surface area contributed by atoms with E-state index in [1.54, 1.807) is 23.9 Å². The predicted octanol–water partition coefficient (Wildman–Crippen LogP) is 3.80. The van der Waals surface area contributed by atoms with Gasteiger partial charge < -0.3 is 4.74 Å². The lowest BCUT2D eigenvalue weighted by atomic mass is 10.3. The lowest BCUT2D eigenvalue weighted by molar-refractivity contribution is 0.411. The molecule has 3 nitrogen and oxygen atoms in total. The molecule has 5 heteroatoms. The number of methoxy groups -OCH3 is 1. The van der Waals surface area contributed by atoms with E-state index in [1.165, 1.54) is 0 Å². The summed E-state index contributed by atoms with van der Waals surface area (Å²) < 4.78 is 7.03. The Bertz CT molecular complexity index is 564. The van der Waals surface area contributed by atoms with E-state index < -0.39 is 0 Å². The Hall–Kier alpha value is -1.19. The van der Waals surface area contributed by atoms with Crippen molar-refractivity contribution < 1.29 is 4.74 Å². The molecular formula is C12H12Cl2N2O. The molecule has 1 heterocycles. The van der Waals surface area contributed by atoms with Gasteiger partial charge in [-0.25, -0.2) is 4.68 Å². The fourth-order valence-electron chi connectivity index (χ4n) is 1.69. The molecular weight excluding hydrogens is 259 g/mol. The summed E-state index contributed by atoms with van der Waals surface area (Å²) in [7, 11) is 1.61. The van der Waals surface area contributed by atoms with Crippen LogP contribution in [0.1, 0.15) is 11.4 Å². The second-order valence-corrected chi connectivity index (χ2v) is 4.53. The molecule has 0 saturated carbocycles. The summed E-state index contributed by atoms with van der Waals surface area (Å²) in [5, 5.41) is 5.66.